The van der Waals surface area contributed by atoms with Crippen LogP contribution in [0.5, 0.6) is 5.75 Å². The maximum absolute atomic E-state index is 12.3. The number of rotatable bonds is 9. The van der Waals surface area contributed by atoms with Crippen molar-refractivity contribution in [2.45, 2.75) is 19.5 Å². The Morgan fingerprint density at radius 3 is 2.56 bits per heavy atom. The van der Waals surface area contributed by atoms with Crippen LogP contribution in [0.25, 0.3) is 17.1 Å². The molecule has 0 saturated carbocycles. The highest BCUT2D eigenvalue weighted by Crippen LogP contribution is 2.18. The molecule has 1 N–H and O–H groups in total. The second-order valence-electron chi connectivity index (χ2n) is 7.29. The second kappa shape index (κ2) is 10.6. The van der Waals surface area contributed by atoms with E-state index in [1.807, 2.05) is 78.9 Å². The third-order valence-electron chi connectivity index (χ3n) is 4.99. The molecule has 0 atom stereocenters. The van der Waals surface area contributed by atoms with Gasteiger partial charge in [-0.3, -0.25) is 4.79 Å². The number of halogens is 1. The lowest BCUT2D eigenvalue weighted by Gasteiger charge is -2.11. The first-order valence-corrected chi connectivity index (χ1v) is 10.9. The summed E-state index contributed by atoms with van der Waals surface area (Å²) >= 11 is 5.92. The zero-order valence-electron chi connectivity index (χ0n) is 17.6. The average Bonchev–Trinajstić information content (AvgIpc) is 3.18. The SMILES string of the molecule is O=C(/C=C\c1ccccc1)NCc1nc2ccccc2n1CCCOc1ccc(Cl)cc1. The number of ether oxygens (including phenoxy) is 1. The molecule has 32 heavy (non-hydrogen) atoms. The molecule has 0 aliphatic carbocycles. The van der Waals surface area contributed by atoms with Crippen molar-refractivity contribution in [3.63, 3.8) is 0 Å². The first-order chi connectivity index (χ1) is 15.7. The Labute approximate surface area is 192 Å². The Bertz CT molecular complexity index is 1200. The van der Waals surface area contributed by atoms with Gasteiger partial charge in [0.1, 0.15) is 11.6 Å². The lowest BCUT2D eigenvalue weighted by atomic mass is 10.2. The molecule has 0 aliphatic rings. The zero-order valence-corrected chi connectivity index (χ0v) is 18.3. The minimum absolute atomic E-state index is 0.154. The van der Waals surface area contributed by atoms with Crippen molar-refractivity contribution in [1.82, 2.24) is 14.9 Å². The highest BCUT2D eigenvalue weighted by molar-refractivity contribution is 6.30. The van der Waals surface area contributed by atoms with Crippen LogP contribution in [0.2, 0.25) is 5.02 Å². The summed E-state index contributed by atoms with van der Waals surface area (Å²) in [6.45, 7) is 1.66. The number of aromatic nitrogens is 2. The number of aryl methyl sites for hydroxylation is 1. The summed E-state index contributed by atoms with van der Waals surface area (Å²) in [6, 6.07) is 25.1. The van der Waals surface area contributed by atoms with Crippen molar-refractivity contribution in [3.05, 3.63) is 101 Å². The van der Waals surface area contributed by atoms with Gasteiger partial charge in [0.05, 0.1) is 24.2 Å². The van der Waals surface area contributed by atoms with Crippen LogP contribution in [0.4, 0.5) is 0 Å². The Hall–Kier alpha value is -3.57. The summed E-state index contributed by atoms with van der Waals surface area (Å²) in [4.78, 5) is 17.0. The Morgan fingerprint density at radius 2 is 1.75 bits per heavy atom. The van der Waals surface area contributed by atoms with Crippen LogP contribution in [0, 0.1) is 0 Å². The average molecular weight is 446 g/mol. The summed E-state index contributed by atoms with van der Waals surface area (Å²) in [5.74, 6) is 1.46. The monoisotopic (exact) mass is 445 g/mol. The molecule has 0 radical (unpaired) electrons. The van der Waals surface area contributed by atoms with Crippen LogP contribution in [-0.4, -0.2) is 22.1 Å². The maximum atomic E-state index is 12.3. The molecule has 162 valence electrons. The summed E-state index contributed by atoms with van der Waals surface area (Å²) < 4.78 is 7.95. The van der Waals surface area contributed by atoms with Gasteiger partial charge in [-0.05, 0) is 54.5 Å². The summed E-state index contributed by atoms with van der Waals surface area (Å²) in [5.41, 5.74) is 2.94. The maximum Gasteiger partial charge on any atom is 0.244 e. The molecule has 0 bridgehead atoms. The molecule has 0 unspecified atom stereocenters. The van der Waals surface area contributed by atoms with E-state index in [1.165, 1.54) is 0 Å². The number of fused-ring (bicyclic) bond motifs is 1. The van der Waals surface area contributed by atoms with Gasteiger partial charge in [-0.2, -0.15) is 0 Å². The van der Waals surface area contributed by atoms with Gasteiger partial charge in [-0.1, -0.05) is 54.1 Å². The van der Waals surface area contributed by atoms with Crippen molar-refractivity contribution in [2.24, 2.45) is 0 Å². The molecular weight excluding hydrogens is 422 g/mol. The number of carbonyl (C=O) groups excluding carboxylic acids is 1. The highest BCUT2D eigenvalue weighted by atomic mass is 35.5. The Morgan fingerprint density at radius 1 is 1.00 bits per heavy atom. The van der Waals surface area contributed by atoms with E-state index in [9.17, 15) is 4.79 Å². The molecule has 0 fully saturated rings. The van der Waals surface area contributed by atoms with Crippen LogP contribution < -0.4 is 10.1 Å². The van der Waals surface area contributed by atoms with E-state index in [-0.39, 0.29) is 5.91 Å². The van der Waals surface area contributed by atoms with E-state index in [0.717, 1.165) is 41.1 Å². The number of para-hydroxylation sites is 2. The second-order valence-corrected chi connectivity index (χ2v) is 7.72. The molecule has 1 amide bonds. The smallest absolute Gasteiger partial charge is 0.244 e. The fourth-order valence-electron chi connectivity index (χ4n) is 3.41. The van der Waals surface area contributed by atoms with E-state index in [0.29, 0.717) is 18.2 Å². The van der Waals surface area contributed by atoms with Gasteiger partial charge in [0.2, 0.25) is 5.91 Å². The lowest BCUT2D eigenvalue weighted by Crippen LogP contribution is -2.23. The predicted octanol–water partition coefficient (Wildman–Crippen LogP) is 5.49. The van der Waals surface area contributed by atoms with Crippen LogP contribution in [-0.2, 0) is 17.9 Å². The molecule has 1 heterocycles. The van der Waals surface area contributed by atoms with Crippen molar-refractivity contribution < 1.29 is 9.53 Å². The van der Waals surface area contributed by atoms with Crippen molar-refractivity contribution in [3.8, 4) is 5.75 Å². The molecule has 3 aromatic carbocycles. The van der Waals surface area contributed by atoms with Gasteiger partial charge in [0.15, 0.2) is 0 Å². The largest absolute Gasteiger partial charge is 0.494 e. The summed E-state index contributed by atoms with van der Waals surface area (Å²) in [7, 11) is 0. The van der Waals surface area contributed by atoms with Crippen LogP contribution in [0.1, 0.15) is 17.8 Å². The van der Waals surface area contributed by atoms with E-state index < -0.39 is 0 Å². The van der Waals surface area contributed by atoms with Gasteiger partial charge in [-0.25, -0.2) is 4.98 Å². The van der Waals surface area contributed by atoms with E-state index in [1.54, 1.807) is 12.2 Å². The molecule has 0 aliphatic heterocycles. The van der Waals surface area contributed by atoms with Gasteiger partial charge >= 0.3 is 0 Å². The third kappa shape index (κ3) is 5.77. The number of benzene rings is 3. The van der Waals surface area contributed by atoms with Gasteiger partial charge in [-0.15, -0.1) is 0 Å². The highest BCUT2D eigenvalue weighted by Gasteiger charge is 2.11. The van der Waals surface area contributed by atoms with Gasteiger partial charge in [0.25, 0.3) is 0 Å². The fourth-order valence-corrected chi connectivity index (χ4v) is 3.54. The van der Waals surface area contributed by atoms with E-state index in [4.69, 9.17) is 21.3 Å². The number of hydrogen-bond donors (Lipinski definition) is 1. The minimum atomic E-state index is -0.154. The van der Waals surface area contributed by atoms with Crippen molar-refractivity contribution in [2.75, 3.05) is 6.61 Å². The number of carbonyl (C=O) groups is 1. The fraction of sp³-hybridized carbons (Fsp3) is 0.154. The number of nitrogens with zero attached hydrogens (tertiary/aromatic N) is 2. The first-order valence-electron chi connectivity index (χ1n) is 10.5. The quantitative estimate of drug-likeness (QED) is 0.274. The standard InChI is InChI=1S/C26H24ClN3O2/c27-21-12-14-22(15-13-21)32-18-6-17-30-24-10-5-4-9-23(24)29-25(30)19-28-26(31)16-11-20-7-2-1-3-8-20/h1-5,7-16H,6,17-19H2,(H,28,31)/b16-11-. The van der Waals surface area contributed by atoms with Crippen LogP contribution in [0.15, 0.2) is 84.9 Å². The summed E-state index contributed by atoms with van der Waals surface area (Å²) in [6.07, 6.45) is 4.15. The van der Waals surface area contributed by atoms with Gasteiger partial charge in [0, 0.05) is 17.6 Å². The third-order valence-corrected chi connectivity index (χ3v) is 5.24. The van der Waals surface area contributed by atoms with Crippen molar-refractivity contribution >= 4 is 34.6 Å². The molecule has 6 heteroatoms. The van der Waals surface area contributed by atoms with E-state index >= 15 is 0 Å². The number of hydrogen-bond acceptors (Lipinski definition) is 3. The summed E-state index contributed by atoms with van der Waals surface area (Å²) in [5, 5.41) is 3.63. The van der Waals surface area contributed by atoms with E-state index in [2.05, 4.69) is 9.88 Å². The number of amides is 1. The van der Waals surface area contributed by atoms with Crippen molar-refractivity contribution in [1.29, 1.82) is 0 Å². The number of nitrogens with one attached hydrogen (secondary N) is 1. The molecule has 4 rings (SSSR count). The van der Waals surface area contributed by atoms with Crippen LogP contribution >= 0.6 is 11.6 Å². The van der Waals surface area contributed by atoms with Gasteiger partial charge < -0.3 is 14.6 Å². The Balaban J connectivity index is 1.38. The molecular formula is C26H24ClN3O2. The molecule has 5 nitrogen and oxygen atoms in total. The molecule has 0 spiro atoms. The molecule has 4 aromatic rings. The molecule has 1 aromatic heterocycles. The predicted molar refractivity (Wildman–Crippen MR) is 129 cm³/mol. The molecule has 0 saturated heterocycles. The normalized spacial score (nSPS) is 11.2. The topological polar surface area (TPSA) is 56.2 Å². The van der Waals surface area contributed by atoms with Crippen LogP contribution in [0.3, 0.4) is 0 Å². The first kappa shape index (κ1) is 21.7. The minimum Gasteiger partial charge on any atom is -0.494 e. The number of imidazole rings is 1. The lowest BCUT2D eigenvalue weighted by molar-refractivity contribution is -0.116. The Kier molecular flexibility index (Phi) is 7.20. The zero-order chi connectivity index (χ0) is 22.2.